The molecule has 17 heteroatoms. The number of halogens is 2. The van der Waals surface area contributed by atoms with Gasteiger partial charge in [-0.2, -0.15) is 0 Å². The number of phosphoric acid groups is 2. The molecule has 45 heavy (non-hydrogen) atoms. The summed E-state index contributed by atoms with van der Waals surface area (Å²) in [5, 5.41) is 2.60. The molecule has 9 N–H and O–H groups in total. The van der Waals surface area contributed by atoms with Crippen LogP contribution < -0.4 is 25.8 Å². The average Bonchev–Trinajstić information content (AvgIpc) is 2.96. The predicted molar refractivity (Wildman–Crippen MR) is 165 cm³/mol. The number of nitrogens with one attached hydrogen (secondary N) is 1. The van der Waals surface area contributed by atoms with E-state index in [2.05, 4.69) is 14.4 Å². The Hall–Kier alpha value is -2.74. The molecule has 0 aliphatic rings. The molecule has 0 bridgehead atoms. The smallest absolute Gasteiger partial charge is 0.404 e. The van der Waals surface area contributed by atoms with Crippen LogP contribution in [-0.4, -0.2) is 44.4 Å². The van der Waals surface area contributed by atoms with Gasteiger partial charge in [0.05, 0.1) is 0 Å². The zero-order valence-electron chi connectivity index (χ0n) is 24.9. The molecule has 0 radical (unpaired) electrons. The van der Waals surface area contributed by atoms with E-state index in [-0.39, 0.29) is 35.0 Å². The lowest BCUT2D eigenvalue weighted by atomic mass is 10.0. The third-order valence-electron chi connectivity index (χ3n) is 6.12. The number of ketones is 1. The van der Waals surface area contributed by atoms with Gasteiger partial charge in [0.15, 0.2) is 12.0 Å². The number of rotatable bonds is 20. The number of hydrogen-bond donors (Lipinski definition) is 7. The molecule has 0 aromatic heterocycles. The lowest BCUT2D eigenvalue weighted by Gasteiger charge is -2.12. The van der Waals surface area contributed by atoms with Crippen LogP contribution in [0.1, 0.15) is 81.5 Å². The summed E-state index contributed by atoms with van der Waals surface area (Å²) in [6.45, 7) is 0.269. The topological polar surface area (TPSA) is 232 Å². The molecule has 1 amide bonds. The SMILES string of the molecule is NCCCCCC(=O)Nc1ccc(OP(=O)(O)O)c(CF)c1.NCCCCCCCC(=O)C(F)c1ccc(OP(=O)(O)O)cc1. The summed E-state index contributed by atoms with van der Waals surface area (Å²) in [6.07, 6.45) is 5.65. The summed E-state index contributed by atoms with van der Waals surface area (Å²) in [5.74, 6) is -1.05. The minimum atomic E-state index is -4.76. The van der Waals surface area contributed by atoms with Gasteiger partial charge in [-0.05, 0) is 74.7 Å². The molecule has 0 fully saturated rings. The Balaban J connectivity index is 0.000000450. The molecule has 0 aliphatic carbocycles. The van der Waals surface area contributed by atoms with Crippen LogP contribution in [0, 0.1) is 0 Å². The van der Waals surface area contributed by atoms with Crippen LogP contribution in [0.4, 0.5) is 14.5 Å². The van der Waals surface area contributed by atoms with Crippen LogP contribution in [0.5, 0.6) is 11.5 Å². The number of benzene rings is 2. The van der Waals surface area contributed by atoms with Gasteiger partial charge in [0.25, 0.3) is 0 Å². The van der Waals surface area contributed by atoms with E-state index in [0.29, 0.717) is 38.0 Å². The summed E-state index contributed by atoms with van der Waals surface area (Å²) in [7, 11) is -9.40. The Labute approximate surface area is 261 Å². The van der Waals surface area contributed by atoms with Gasteiger partial charge in [-0.3, -0.25) is 29.2 Å². The molecule has 0 saturated heterocycles. The second kappa shape index (κ2) is 21.1. The van der Waals surface area contributed by atoms with Crippen molar-refractivity contribution >= 4 is 33.0 Å². The van der Waals surface area contributed by atoms with Crippen molar-refractivity contribution in [3.05, 3.63) is 53.6 Å². The average molecular weight is 682 g/mol. The van der Waals surface area contributed by atoms with Crippen LogP contribution in [0.3, 0.4) is 0 Å². The van der Waals surface area contributed by atoms with E-state index in [4.69, 9.17) is 31.0 Å². The normalized spacial score (nSPS) is 12.1. The van der Waals surface area contributed by atoms with E-state index < -0.39 is 34.3 Å². The first-order valence-corrected chi connectivity index (χ1v) is 17.4. The lowest BCUT2D eigenvalue weighted by molar-refractivity contribution is -0.124. The number of alkyl halides is 2. The molecular weight excluding hydrogens is 638 g/mol. The number of Topliss-reactive ketones (excluding diaryl/α,β-unsaturated/α-hetero) is 1. The van der Waals surface area contributed by atoms with E-state index in [9.17, 15) is 27.5 Å². The zero-order valence-corrected chi connectivity index (χ0v) is 26.6. The van der Waals surface area contributed by atoms with E-state index in [1.807, 2.05) is 0 Å². The third-order valence-corrected chi connectivity index (χ3v) is 7.00. The van der Waals surface area contributed by atoms with Crippen LogP contribution in [-0.2, 0) is 25.4 Å². The monoisotopic (exact) mass is 681 g/mol. The van der Waals surface area contributed by atoms with E-state index in [1.54, 1.807) is 0 Å². The summed E-state index contributed by atoms with van der Waals surface area (Å²) in [6, 6.07) is 8.90. The zero-order chi connectivity index (χ0) is 33.9. The number of carbonyl (C=O) groups is 2. The minimum Gasteiger partial charge on any atom is -0.404 e. The van der Waals surface area contributed by atoms with Crippen molar-refractivity contribution < 1.29 is 56.1 Å². The van der Waals surface area contributed by atoms with Crippen molar-refractivity contribution in [2.75, 3.05) is 18.4 Å². The second-order valence-electron chi connectivity index (χ2n) is 9.97. The first-order valence-electron chi connectivity index (χ1n) is 14.3. The number of hydrogen-bond acceptors (Lipinski definition) is 8. The number of unbranched alkanes of at least 4 members (excludes halogenated alkanes) is 6. The highest BCUT2D eigenvalue weighted by atomic mass is 31.2. The lowest BCUT2D eigenvalue weighted by Crippen LogP contribution is -2.11. The van der Waals surface area contributed by atoms with Gasteiger partial charge in [0.2, 0.25) is 5.91 Å². The van der Waals surface area contributed by atoms with E-state index in [0.717, 1.165) is 38.5 Å². The standard InChI is InChI=1S/C15H23FNO5P.C13H20FN2O5P/c16-15(14(18)6-4-2-1-3-5-11-17)12-7-9-13(10-8-12)22-23(19,20)21;14-9-10-8-11(5-6-12(10)21-22(18,19)20)16-13(17)4-2-1-3-7-15/h7-10,15H,1-6,11,17H2,(H2,19,20,21);5-6,8H,1-4,7,9,15H2,(H,16,17)(H2,18,19,20). The Morgan fingerprint density at radius 1 is 0.778 bits per heavy atom. The fourth-order valence-electron chi connectivity index (χ4n) is 3.93. The Kier molecular flexibility index (Phi) is 18.9. The van der Waals surface area contributed by atoms with Gasteiger partial charge < -0.3 is 25.8 Å². The number of nitrogens with two attached hydrogens (primary N) is 2. The number of anilines is 1. The molecule has 2 aromatic carbocycles. The minimum absolute atomic E-state index is 0.0516. The number of carbonyl (C=O) groups excluding carboxylic acids is 2. The maximum absolute atomic E-state index is 14.1. The Morgan fingerprint density at radius 2 is 1.31 bits per heavy atom. The quantitative estimate of drug-likeness (QED) is 0.0713. The van der Waals surface area contributed by atoms with E-state index >= 15 is 0 Å². The van der Waals surface area contributed by atoms with Crippen LogP contribution >= 0.6 is 15.6 Å². The predicted octanol–water partition coefficient (Wildman–Crippen LogP) is 5.12. The molecule has 0 spiro atoms. The van der Waals surface area contributed by atoms with Crippen molar-refractivity contribution in [1.29, 1.82) is 0 Å². The summed E-state index contributed by atoms with van der Waals surface area (Å²) in [4.78, 5) is 58.3. The molecule has 1 atom stereocenters. The molecule has 0 saturated carbocycles. The van der Waals surface area contributed by atoms with Crippen LogP contribution in [0.15, 0.2) is 42.5 Å². The largest absolute Gasteiger partial charge is 0.524 e. The number of amides is 1. The Morgan fingerprint density at radius 3 is 1.87 bits per heavy atom. The maximum Gasteiger partial charge on any atom is 0.524 e. The number of phosphoric ester groups is 2. The molecule has 1 unspecified atom stereocenters. The van der Waals surface area contributed by atoms with Crippen molar-refractivity contribution in [2.45, 2.75) is 77.1 Å². The van der Waals surface area contributed by atoms with E-state index in [1.165, 1.54) is 42.5 Å². The van der Waals surface area contributed by atoms with Crippen LogP contribution in [0.2, 0.25) is 0 Å². The first kappa shape index (κ1) is 40.3. The second-order valence-corrected chi connectivity index (χ2v) is 12.3. The summed E-state index contributed by atoms with van der Waals surface area (Å²) >= 11 is 0. The molecule has 254 valence electrons. The highest BCUT2D eigenvalue weighted by Gasteiger charge is 2.21. The highest BCUT2D eigenvalue weighted by Crippen LogP contribution is 2.40. The van der Waals surface area contributed by atoms with Gasteiger partial charge in [-0.1, -0.05) is 37.8 Å². The molecule has 0 aliphatic heterocycles. The fourth-order valence-corrected chi connectivity index (χ4v) is 4.76. The van der Waals surface area contributed by atoms with Crippen molar-refractivity contribution in [3.8, 4) is 11.5 Å². The summed E-state index contributed by atoms with van der Waals surface area (Å²) < 4.78 is 57.2. The summed E-state index contributed by atoms with van der Waals surface area (Å²) in [5.41, 5.74) is 11.2. The van der Waals surface area contributed by atoms with Gasteiger partial charge in [0, 0.05) is 24.1 Å². The van der Waals surface area contributed by atoms with Crippen molar-refractivity contribution in [1.82, 2.24) is 0 Å². The molecular formula is C28H43F2N3O10P2. The van der Waals surface area contributed by atoms with Gasteiger partial charge in [-0.25, -0.2) is 17.9 Å². The molecule has 13 nitrogen and oxygen atoms in total. The molecule has 2 rings (SSSR count). The van der Waals surface area contributed by atoms with Crippen LogP contribution in [0.25, 0.3) is 0 Å². The molecule has 0 heterocycles. The van der Waals surface area contributed by atoms with Gasteiger partial charge in [0.1, 0.15) is 18.2 Å². The van der Waals surface area contributed by atoms with Crippen molar-refractivity contribution in [3.63, 3.8) is 0 Å². The van der Waals surface area contributed by atoms with Gasteiger partial charge >= 0.3 is 15.6 Å². The highest BCUT2D eigenvalue weighted by molar-refractivity contribution is 7.47. The fraction of sp³-hybridized carbons (Fsp3) is 0.500. The van der Waals surface area contributed by atoms with Crippen molar-refractivity contribution in [2.24, 2.45) is 11.5 Å². The maximum atomic E-state index is 14.1. The van der Waals surface area contributed by atoms with Gasteiger partial charge in [-0.15, -0.1) is 0 Å². The third kappa shape index (κ3) is 18.7. The Bertz CT molecular complexity index is 1280. The first-order chi connectivity index (χ1) is 21.2. The molecule has 2 aromatic rings.